The van der Waals surface area contributed by atoms with Crippen molar-refractivity contribution in [1.29, 1.82) is 0 Å². The van der Waals surface area contributed by atoms with E-state index < -0.39 is 0 Å². The van der Waals surface area contributed by atoms with Gasteiger partial charge in [0.15, 0.2) is 5.69 Å². The summed E-state index contributed by atoms with van der Waals surface area (Å²) in [6.45, 7) is 5.98. The summed E-state index contributed by atoms with van der Waals surface area (Å²) < 4.78 is 1.92. The number of amides is 1. The van der Waals surface area contributed by atoms with Crippen LogP contribution in [-0.4, -0.2) is 47.1 Å². The van der Waals surface area contributed by atoms with E-state index >= 15 is 0 Å². The Bertz CT molecular complexity index is 800. The topological polar surface area (TPSA) is 75.1 Å². The van der Waals surface area contributed by atoms with Crippen molar-refractivity contribution in [2.45, 2.75) is 45.1 Å². The summed E-state index contributed by atoms with van der Waals surface area (Å²) in [4.78, 5) is 15.3. The molecule has 3 heterocycles. The third-order valence-corrected chi connectivity index (χ3v) is 5.65. The molecule has 1 amide bonds. The molecule has 0 saturated carbocycles. The Morgan fingerprint density at radius 1 is 1.10 bits per heavy atom. The molecule has 0 bridgehead atoms. The maximum absolute atomic E-state index is 12.9. The van der Waals surface area contributed by atoms with Crippen LogP contribution in [0.25, 0.3) is 0 Å². The monoisotopic (exact) mass is 440 g/mol. The lowest BCUT2D eigenvalue weighted by Gasteiger charge is -2.30. The van der Waals surface area contributed by atoms with E-state index in [-0.39, 0.29) is 30.7 Å². The second-order valence-corrected chi connectivity index (χ2v) is 7.47. The number of carbonyl (C=O) groups excluding carboxylic acids is 1. The molecule has 1 aromatic carbocycles. The fourth-order valence-electron chi connectivity index (χ4n) is 4.12. The standard InChI is InChI=1S/C20H28N6O.2ClH/c1-15-19(23-24-26(15)16-9-11-21-12-10-16)20(27)22-17-7-3-4-8-18(17)25-13-5-2-6-14-25;;/h3-4,7-8,16,21H,2,5-6,9-14H2,1H3,(H,22,27);2*1H. The lowest BCUT2D eigenvalue weighted by atomic mass is 10.1. The highest BCUT2D eigenvalue weighted by molar-refractivity contribution is 6.05. The summed E-state index contributed by atoms with van der Waals surface area (Å²) in [5.41, 5.74) is 3.20. The second-order valence-electron chi connectivity index (χ2n) is 7.47. The van der Waals surface area contributed by atoms with E-state index in [4.69, 9.17) is 0 Å². The molecule has 0 unspecified atom stereocenters. The molecule has 0 aliphatic carbocycles. The van der Waals surface area contributed by atoms with E-state index in [2.05, 4.69) is 31.9 Å². The molecular weight excluding hydrogens is 411 g/mol. The van der Waals surface area contributed by atoms with Crippen LogP contribution in [0.4, 0.5) is 11.4 Å². The Morgan fingerprint density at radius 2 is 1.79 bits per heavy atom. The van der Waals surface area contributed by atoms with Gasteiger partial charge in [-0.1, -0.05) is 17.3 Å². The maximum atomic E-state index is 12.9. The predicted octanol–water partition coefficient (Wildman–Crippen LogP) is 3.60. The number of anilines is 2. The van der Waals surface area contributed by atoms with Gasteiger partial charge in [-0.25, -0.2) is 4.68 Å². The zero-order chi connectivity index (χ0) is 18.6. The highest BCUT2D eigenvalue weighted by Crippen LogP contribution is 2.29. The molecule has 2 aromatic rings. The lowest BCUT2D eigenvalue weighted by Crippen LogP contribution is -2.30. The molecule has 1 aromatic heterocycles. The first kappa shape index (κ1) is 23.4. The minimum absolute atomic E-state index is 0. The Balaban J connectivity index is 0.00000150. The van der Waals surface area contributed by atoms with Crippen LogP contribution in [0.2, 0.25) is 0 Å². The van der Waals surface area contributed by atoms with Crippen molar-refractivity contribution in [2.75, 3.05) is 36.4 Å². The fraction of sp³-hybridized carbons (Fsp3) is 0.550. The number of nitrogens with one attached hydrogen (secondary N) is 2. The van der Waals surface area contributed by atoms with Gasteiger partial charge in [0.1, 0.15) is 0 Å². The van der Waals surface area contributed by atoms with E-state index in [1.54, 1.807) is 0 Å². The number of benzene rings is 1. The molecule has 2 aliphatic rings. The molecule has 0 spiro atoms. The third kappa shape index (κ3) is 5.21. The van der Waals surface area contributed by atoms with E-state index in [1.165, 1.54) is 19.3 Å². The van der Waals surface area contributed by atoms with Crippen molar-refractivity contribution in [1.82, 2.24) is 20.3 Å². The Labute approximate surface area is 184 Å². The number of rotatable bonds is 4. The number of hydrogen-bond donors (Lipinski definition) is 2. The van der Waals surface area contributed by atoms with Crippen molar-refractivity contribution < 1.29 is 4.79 Å². The number of piperidine rings is 2. The number of carbonyl (C=O) groups is 1. The van der Waals surface area contributed by atoms with Crippen LogP contribution in [0, 0.1) is 6.92 Å². The molecule has 4 rings (SSSR count). The van der Waals surface area contributed by atoms with Crippen LogP contribution in [-0.2, 0) is 0 Å². The molecular formula is C20H30Cl2N6O. The van der Waals surface area contributed by atoms with Crippen molar-refractivity contribution in [3.63, 3.8) is 0 Å². The quantitative estimate of drug-likeness (QED) is 0.759. The molecule has 2 saturated heterocycles. The number of para-hydroxylation sites is 2. The SMILES string of the molecule is Cc1c(C(=O)Nc2ccccc2N2CCCCC2)nnn1C1CCNCC1.Cl.Cl. The van der Waals surface area contributed by atoms with Gasteiger partial charge in [0.2, 0.25) is 0 Å². The minimum Gasteiger partial charge on any atom is -0.370 e. The summed E-state index contributed by atoms with van der Waals surface area (Å²) in [5, 5.41) is 14.9. The number of halogens is 2. The van der Waals surface area contributed by atoms with Gasteiger partial charge in [0.05, 0.1) is 23.1 Å². The zero-order valence-corrected chi connectivity index (χ0v) is 18.4. The molecule has 2 N–H and O–H groups in total. The van der Waals surface area contributed by atoms with Gasteiger partial charge in [0, 0.05) is 13.1 Å². The van der Waals surface area contributed by atoms with Crippen molar-refractivity contribution in [3.05, 3.63) is 35.7 Å². The molecule has 0 radical (unpaired) electrons. The van der Waals surface area contributed by atoms with Crippen molar-refractivity contribution >= 4 is 42.1 Å². The minimum atomic E-state index is -0.183. The smallest absolute Gasteiger partial charge is 0.278 e. The summed E-state index contributed by atoms with van der Waals surface area (Å²) >= 11 is 0. The highest BCUT2D eigenvalue weighted by atomic mass is 35.5. The first-order valence-corrected chi connectivity index (χ1v) is 10.0. The van der Waals surface area contributed by atoms with E-state index in [0.717, 1.165) is 56.1 Å². The number of nitrogens with zero attached hydrogens (tertiary/aromatic N) is 4. The van der Waals surface area contributed by atoms with E-state index in [0.29, 0.717) is 11.7 Å². The van der Waals surface area contributed by atoms with Crippen LogP contribution in [0.15, 0.2) is 24.3 Å². The molecule has 0 atom stereocenters. The first-order chi connectivity index (χ1) is 13.2. The van der Waals surface area contributed by atoms with Gasteiger partial charge in [-0.15, -0.1) is 29.9 Å². The summed E-state index contributed by atoms with van der Waals surface area (Å²) in [6.07, 6.45) is 5.72. The lowest BCUT2D eigenvalue weighted by molar-refractivity contribution is 0.102. The molecule has 9 heteroatoms. The molecule has 160 valence electrons. The number of hydrogen-bond acceptors (Lipinski definition) is 5. The van der Waals surface area contributed by atoms with Crippen molar-refractivity contribution in [3.8, 4) is 0 Å². The van der Waals surface area contributed by atoms with Crippen LogP contribution >= 0.6 is 24.8 Å². The summed E-state index contributed by atoms with van der Waals surface area (Å²) in [5.74, 6) is -0.183. The second kappa shape index (κ2) is 10.8. The van der Waals surface area contributed by atoms with Gasteiger partial charge >= 0.3 is 0 Å². The zero-order valence-electron chi connectivity index (χ0n) is 16.8. The molecule has 7 nitrogen and oxygen atoms in total. The Morgan fingerprint density at radius 3 is 2.52 bits per heavy atom. The molecule has 2 aliphatic heterocycles. The van der Waals surface area contributed by atoms with Gasteiger partial charge in [-0.2, -0.15) is 0 Å². The maximum Gasteiger partial charge on any atom is 0.278 e. The number of aromatic nitrogens is 3. The summed E-state index contributed by atoms with van der Waals surface area (Å²) in [7, 11) is 0. The Hall–Kier alpha value is -1.83. The van der Waals surface area contributed by atoms with Gasteiger partial charge < -0.3 is 15.5 Å². The van der Waals surface area contributed by atoms with Crippen molar-refractivity contribution in [2.24, 2.45) is 0 Å². The van der Waals surface area contributed by atoms with Gasteiger partial charge in [-0.3, -0.25) is 4.79 Å². The molecule has 2 fully saturated rings. The van der Waals surface area contributed by atoms with Gasteiger partial charge in [-0.05, 0) is 64.3 Å². The highest BCUT2D eigenvalue weighted by Gasteiger charge is 2.24. The third-order valence-electron chi connectivity index (χ3n) is 5.65. The average molecular weight is 441 g/mol. The Kier molecular flexibility index (Phi) is 8.74. The van der Waals surface area contributed by atoms with Crippen LogP contribution in [0.5, 0.6) is 0 Å². The first-order valence-electron chi connectivity index (χ1n) is 10.0. The van der Waals surface area contributed by atoms with Crippen LogP contribution in [0.3, 0.4) is 0 Å². The largest absolute Gasteiger partial charge is 0.370 e. The summed E-state index contributed by atoms with van der Waals surface area (Å²) in [6, 6.07) is 8.36. The average Bonchev–Trinajstić information content (AvgIpc) is 3.11. The van der Waals surface area contributed by atoms with Crippen LogP contribution in [0.1, 0.15) is 54.3 Å². The molecule has 29 heavy (non-hydrogen) atoms. The normalized spacial score (nSPS) is 17.2. The van der Waals surface area contributed by atoms with E-state index in [1.807, 2.05) is 29.8 Å². The fourth-order valence-corrected chi connectivity index (χ4v) is 4.12. The van der Waals surface area contributed by atoms with E-state index in [9.17, 15) is 4.79 Å². The predicted molar refractivity (Wildman–Crippen MR) is 121 cm³/mol. The van der Waals surface area contributed by atoms with Gasteiger partial charge in [0.25, 0.3) is 5.91 Å². The van der Waals surface area contributed by atoms with Crippen LogP contribution < -0.4 is 15.5 Å².